The lowest BCUT2D eigenvalue weighted by Gasteiger charge is -2.10. The summed E-state index contributed by atoms with van der Waals surface area (Å²) >= 11 is 11.6. The predicted molar refractivity (Wildman–Crippen MR) is 90.7 cm³/mol. The van der Waals surface area contributed by atoms with Crippen molar-refractivity contribution in [3.63, 3.8) is 0 Å². The number of esters is 1. The molecule has 12 heteroatoms. The Labute approximate surface area is 165 Å². The second-order valence-electron chi connectivity index (χ2n) is 5.37. The van der Waals surface area contributed by atoms with Gasteiger partial charge in [-0.2, -0.15) is 13.2 Å². The molecule has 0 spiro atoms. The van der Waals surface area contributed by atoms with Gasteiger partial charge < -0.3 is 19.5 Å². The van der Waals surface area contributed by atoms with Crippen LogP contribution in [0.5, 0.6) is 11.5 Å². The van der Waals surface area contributed by atoms with Gasteiger partial charge in [0.2, 0.25) is 6.79 Å². The van der Waals surface area contributed by atoms with Gasteiger partial charge in [-0.3, -0.25) is 4.79 Å². The van der Waals surface area contributed by atoms with Gasteiger partial charge >= 0.3 is 12.1 Å². The number of ether oxygens (including phenoxy) is 3. The molecule has 1 aliphatic rings. The first-order valence-electron chi connectivity index (χ1n) is 7.44. The summed E-state index contributed by atoms with van der Waals surface area (Å²) in [4.78, 5) is 27.4. The standard InChI is InChI=1S/C16H9Cl2F3N2O5/c17-9-1-7(2-11-13(9)28-6-27-11)15(25)26-5-12(24)23-14-10(18)3-8(4-22-14)16(19,20)21/h1-4H,5-6H2,(H,22,23,24). The third-order valence-electron chi connectivity index (χ3n) is 3.42. The fraction of sp³-hybridized carbons (Fsp3) is 0.188. The normalized spacial score (nSPS) is 12.6. The summed E-state index contributed by atoms with van der Waals surface area (Å²) in [7, 11) is 0. The SMILES string of the molecule is O=C(COC(=O)c1cc(Cl)c2c(c1)OCO2)Nc1ncc(C(F)(F)F)cc1Cl. The Morgan fingerprint density at radius 2 is 1.93 bits per heavy atom. The number of halogens is 5. The fourth-order valence-corrected chi connectivity index (χ4v) is 2.63. The molecule has 1 amide bonds. The predicted octanol–water partition coefficient (Wildman–Crippen LogP) is 3.93. The van der Waals surface area contributed by atoms with E-state index in [0.29, 0.717) is 18.0 Å². The molecule has 0 saturated carbocycles. The number of carbonyl (C=O) groups is 2. The molecule has 0 radical (unpaired) electrons. The van der Waals surface area contributed by atoms with E-state index in [1.807, 2.05) is 0 Å². The van der Waals surface area contributed by atoms with E-state index in [1.54, 1.807) is 0 Å². The Bertz CT molecular complexity index is 953. The Balaban J connectivity index is 1.60. The number of nitrogens with one attached hydrogen (secondary N) is 1. The number of hydrogen-bond donors (Lipinski definition) is 1. The minimum atomic E-state index is -4.62. The average molecular weight is 437 g/mol. The summed E-state index contributed by atoms with van der Waals surface area (Å²) in [5, 5.41) is 1.86. The van der Waals surface area contributed by atoms with Crippen LogP contribution in [-0.2, 0) is 15.7 Å². The zero-order valence-corrected chi connectivity index (χ0v) is 15.1. The lowest BCUT2D eigenvalue weighted by atomic mass is 10.2. The lowest BCUT2D eigenvalue weighted by molar-refractivity contribution is -0.137. The summed E-state index contributed by atoms with van der Waals surface area (Å²) < 4.78 is 52.8. The molecule has 2 aromatic rings. The molecular weight excluding hydrogens is 428 g/mol. The summed E-state index contributed by atoms with van der Waals surface area (Å²) in [6.45, 7) is -0.777. The number of carbonyl (C=O) groups excluding carboxylic acids is 2. The minimum Gasteiger partial charge on any atom is -0.454 e. The van der Waals surface area contributed by atoms with Crippen LogP contribution in [0.2, 0.25) is 10.0 Å². The van der Waals surface area contributed by atoms with Gasteiger partial charge in [-0.05, 0) is 18.2 Å². The van der Waals surface area contributed by atoms with Crippen molar-refractivity contribution in [1.29, 1.82) is 0 Å². The van der Waals surface area contributed by atoms with Gasteiger partial charge in [0.1, 0.15) is 0 Å². The van der Waals surface area contributed by atoms with Crippen LogP contribution in [0.25, 0.3) is 0 Å². The van der Waals surface area contributed by atoms with Crippen molar-refractivity contribution in [2.45, 2.75) is 6.18 Å². The molecule has 148 valence electrons. The van der Waals surface area contributed by atoms with Crippen molar-refractivity contribution >= 4 is 40.9 Å². The maximum atomic E-state index is 12.6. The highest BCUT2D eigenvalue weighted by molar-refractivity contribution is 6.33. The summed E-state index contributed by atoms with van der Waals surface area (Å²) in [6, 6.07) is 3.23. The van der Waals surface area contributed by atoms with Crippen LogP contribution in [-0.4, -0.2) is 30.3 Å². The monoisotopic (exact) mass is 436 g/mol. The molecule has 1 aromatic carbocycles. The third kappa shape index (κ3) is 4.39. The van der Waals surface area contributed by atoms with Crippen molar-refractivity contribution in [3.05, 3.63) is 45.6 Å². The van der Waals surface area contributed by atoms with Crippen molar-refractivity contribution in [2.24, 2.45) is 0 Å². The highest BCUT2D eigenvalue weighted by Gasteiger charge is 2.31. The van der Waals surface area contributed by atoms with E-state index in [-0.39, 0.29) is 28.9 Å². The zero-order valence-electron chi connectivity index (χ0n) is 13.6. The number of nitrogens with zero attached hydrogens (tertiary/aromatic N) is 1. The molecule has 0 saturated heterocycles. The van der Waals surface area contributed by atoms with Crippen LogP contribution in [0.4, 0.5) is 19.0 Å². The van der Waals surface area contributed by atoms with Gasteiger partial charge in [-0.15, -0.1) is 0 Å². The largest absolute Gasteiger partial charge is 0.454 e. The molecule has 1 N–H and O–H groups in total. The molecule has 0 unspecified atom stereocenters. The zero-order chi connectivity index (χ0) is 20.5. The van der Waals surface area contributed by atoms with Crippen molar-refractivity contribution in [2.75, 3.05) is 18.7 Å². The summed E-state index contributed by atoms with van der Waals surface area (Å²) in [6.07, 6.45) is -4.11. The molecule has 1 aliphatic heterocycles. The Kier molecular flexibility index (Phi) is 5.52. The number of alkyl halides is 3. The number of amides is 1. The Morgan fingerprint density at radius 3 is 2.61 bits per heavy atom. The number of hydrogen-bond acceptors (Lipinski definition) is 6. The highest BCUT2D eigenvalue weighted by Crippen LogP contribution is 2.40. The van der Waals surface area contributed by atoms with E-state index >= 15 is 0 Å². The van der Waals surface area contributed by atoms with Gasteiger partial charge in [0.15, 0.2) is 23.9 Å². The van der Waals surface area contributed by atoms with E-state index < -0.39 is 35.2 Å². The molecule has 0 atom stereocenters. The fourth-order valence-electron chi connectivity index (χ4n) is 2.15. The number of rotatable bonds is 4. The number of aromatic nitrogens is 1. The number of benzene rings is 1. The van der Waals surface area contributed by atoms with Gasteiger partial charge in [0, 0.05) is 6.20 Å². The van der Waals surface area contributed by atoms with Gasteiger partial charge in [-0.25, -0.2) is 9.78 Å². The minimum absolute atomic E-state index is 0.0211. The quantitative estimate of drug-likeness (QED) is 0.730. The maximum absolute atomic E-state index is 12.6. The van der Waals surface area contributed by atoms with Gasteiger partial charge in [0.05, 0.1) is 21.2 Å². The first-order chi connectivity index (χ1) is 13.1. The highest BCUT2D eigenvalue weighted by atomic mass is 35.5. The van der Waals surface area contributed by atoms with E-state index in [9.17, 15) is 22.8 Å². The Hall–Kier alpha value is -2.72. The van der Waals surface area contributed by atoms with Crippen LogP contribution < -0.4 is 14.8 Å². The topological polar surface area (TPSA) is 86.8 Å². The third-order valence-corrected chi connectivity index (χ3v) is 3.99. The van der Waals surface area contributed by atoms with Crippen LogP contribution in [0, 0.1) is 0 Å². The second kappa shape index (κ2) is 7.72. The number of anilines is 1. The van der Waals surface area contributed by atoms with Crippen LogP contribution >= 0.6 is 23.2 Å². The van der Waals surface area contributed by atoms with Crippen LogP contribution in [0.15, 0.2) is 24.4 Å². The van der Waals surface area contributed by atoms with E-state index in [1.165, 1.54) is 12.1 Å². The smallest absolute Gasteiger partial charge is 0.417 e. The average Bonchev–Trinajstić information content (AvgIpc) is 3.09. The van der Waals surface area contributed by atoms with E-state index in [4.69, 9.17) is 37.4 Å². The number of fused-ring (bicyclic) bond motifs is 1. The van der Waals surface area contributed by atoms with Crippen molar-refractivity contribution in [1.82, 2.24) is 4.98 Å². The van der Waals surface area contributed by atoms with E-state index in [2.05, 4.69) is 10.3 Å². The van der Waals surface area contributed by atoms with Crippen LogP contribution in [0.3, 0.4) is 0 Å². The molecule has 7 nitrogen and oxygen atoms in total. The molecule has 1 aromatic heterocycles. The molecule has 2 heterocycles. The number of pyridine rings is 1. The first kappa shape index (κ1) is 20.0. The molecule has 28 heavy (non-hydrogen) atoms. The van der Waals surface area contributed by atoms with E-state index in [0.717, 1.165) is 0 Å². The van der Waals surface area contributed by atoms with Crippen molar-refractivity contribution in [3.8, 4) is 11.5 Å². The molecule has 0 fully saturated rings. The second-order valence-corrected chi connectivity index (χ2v) is 6.18. The first-order valence-corrected chi connectivity index (χ1v) is 8.19. The summed E-state index contributed by atoms with van der Waals surface area (Å²) in [5.41, 5.74) is -1.05. The molecular formula is C16H9Cl2F3N2O5. The molecule has 0 aliphatic carbocycles. The lowest BCUT2D eigenvalue weighted by Crippen LogP contribution is -2.22. The van der Waals surface area contributed by atoms with Crippen LogP contribution in [0.1, 0.15) is 15.9 Å². The molecule has 3 rings (SSSR count). The Morgan fingerprint density at radius 1 is 1.18 bits per heavy atom. The van der Waals surface area contributed by atoms with Gasteiger partial charge in [0.25, 0.3) is 5.91 Å². The van der Waals surface area contributed by atoms with Gasteiger partial charge in [-0.1, -0.05) is 23.2 Å². The van der Waals surface area contributed by atoms with Crippen molar-refractivity contribution < 1.29 is 37.0 Å². The summed E-state index contributed by atoms with van der Waals surface area (Å²) in [5.74, 6) is -1.48. The maximum Gasteiger partial charge on any atom is 0.417 e. The molecule has 0 bridgehead atoms.